The van der Waals surface area contributed by atoms with E-state index in [2.05, 4.69) is 0 Å². The smallest absolute Gasteiger partial charge is 0.131 e. The first-order valence-corrected chi connectivity index (χ1v) is 5.74. The van der Waals surface area contributed by atoms with Gasteiger partial charge in [0.25, 0.3) is 0 Å². The number of fused-ring (bicyclic) bond motifs is 1. The molecule has 0 fully saturated rings. The van der Waals surface area contributed by atoms with E-state index < -0.39 is 0 Å². The molecule has 0 N–H and O–H groups in total. The van der Waals surface area contributed by atoms with Crippen LogP contribution in [0, 0.1) is 12.7 Å². The normalized spacial score (nSPS) is 10.8. The highest BCUT2D eigenvalue weighted by Crippen LogP contribution is 2.22. The lowest BCUT2D eigenvalue weighted by atomic mass is 10.0. The Balaban J connectivity index is 2.41. The predicted octanol–water partition coefficient (Wildman–Crippen LogP) is 3.81. The van der Waals surface area contributed by atoms with Crippen molar-refractivity contribution in [2.75, 3.05) is 0 Å². The summed E-state index contributed by atoms with van der Waals surface area (Å²) in [6.07, 6.45) is 1.08. The second-order valence-electron chi connectivity index (χ2n) is 4.50. The molecule has 2 aromatic rings. The number of Topliss-reactive ketones (excluding diaryl/α,β-unsaturated/α-hetero) is 1. The Morgan fingerprint density at radius 2 is 2.00 bits per heavy atom. The molecule has 0 aliphatic rings. The second-order valence-corrected chi connectivity index (χ2v) is 4.50. The van der Waals surface area contributed by atoms with E-state index in [4.69, 9.17) is 0 Å². The molecule has 0 spiro atoms. The zero-order valence-electron chi connectivity index (χ0n) is 10.1. The minimum absolute atomic E-state index is 0.134. The molecule has 17 heavy (non-hydrogen) atoms. The van der Waals surface area contributed by atoms with Gasteiger partial charge in [-0.1, -0.05) is 23.8 Å². The van der Waals surface area contributed by atoms with Gasteiger partial charge in [-0.15, -0.1) is 0 Å². The van der Waals surface area contributed by atoms with Crippen molar-refractivity contribution in [1.29, 1.82) is 0 Å². The van der Waals surface area contributed by atoms with Crippen LogP contribution in [0.5, 0.6) is 0 Å². The molecule has 2 aromatic carbocycles. The number of benzene rings is 2. The maximum Gasteiger partial charge on any atom is 0.131 e. The molecule has 0 atom stereocenters. The molecule has 0 amide bonds. The van der Waals surface area contributed by atoms with Gasteiger partial charge in [0.05, 0.1) is 0 Å². The Hall–Kier alpha value is -1.70. The highest BCUT2D eigenvalue weighted by molar-refractivity contribution is 5.84. The van der Waals surface area contributed by atoms with Crippen molar-refractivity contribution in [2.45, 2.75) is 26.7 Å². The van der Waals surface area contributed by atoms with Crippen LogP contribution in [0.4, 0.5) is 4.39 Å². The first-order chi connectivity index (χ1) is 8.06. The molecule has 0 unspecified atom stereocenters. The first kappa shape index (κ1) is 11.8. The van der Waals surface area contributed by atoms with Crippen LogP contribution in [0.15, 0.2) is 30.3 Å². The molecular weight excluding hydrogens is 215 g/mol. The molecule has 0 radical (unpaired) electrons. The van der Waals surface area contributed by atoms with Crippen LogP contribution in [0.25, 0.3) is 10.8 Å². The van der Waals surface area contributed by atoms with Crippen molar-refractivity contribution in [3.63, 3.8) is 0 Å². The molecule has 0 saturated heterocycles. The van der Waals surface area contributed by atoms with E-state index in [9.17, 15) is 9.18 Å². The Kier molecular flexibility index (Phi) is 3.23. The van der Waals surface area contributed by atoms with E-state index in [1.165, 1.54) is 6.07 Å². The third kappa shape index (κ3) is 2.70. The number of hydrogen-bond acceptors (Lipinski definition) is 1. The van der Waals surface area contributed by atoms with Crippen LogP contribution in [-0.2, 0) is 11.2 Å². The van der Waals surface area contributed by atoms with Crippen molar-refractivity contribution >= 4 is 16.6 Å². The number of aryl methyl sites for hydroxylation is 2. The number of carbonyl (C=O) groups is 1. The Morgan fingerprint density at radius 3 is 2.71 bits per heavy atom. The lowest BCUT2D eigenvalue weighted by molar-refractivity contribution is -0.116. The van der Waals surface area contributed by atoms with E-state index in [-0.39, 0.29) is 11.6 Å². The number of carbonyl (C=O) groups excluding carboxylic acids is 1. The zero-order valence-corrected chi connectivity index (χ0v) is 10.1. The van der Waals surface area contributed by atoms with Crippen LogP contribution in [0.3, 0.4) is 0 Å². The van der Waals surface area contributed by atoms with E-state index >= 15 is 0 Å². The minimum Gasteiger partial charge on any atom is -0.300 e. The van der Waals surface area contributed by atoms with Gasteiger partial charge in [0.15, 0.2) is 0 Å². The van der Waals surface area contributed by atoms with Crippen LogP contribution in [-0.4, -0.2) is 5.78 Å². The topological polar surface area (TPSA) is 17.1 Å². The van der Waals surface area contributed by atoms with Gasteiger partial charge in [0, 0.05) is 11.8 Å². The van der Waals surface area contributed by atoms with Gasteiger partial charge in [-0.25, -0.2) is 4.39 Å². The molecule has 88 valence electrons. The van der Waals surface area contributed by atoms with Gasteiger partial charge in [-0.3, -0.25) is 0 Å². The summed E-state index contributed by atoms with van der Waals surface area (Å²) in [5.74, 6) is -0.0702. The molecule has 0 bridgehead atoms. The Bertz CT molecular complexity index is 572. The molecule has 0 saturated carbocycles. The van der Waals surface area contributed by atoms with Gasteiger partial charge >= 0.3 is 0 Å². The highest BCUT2D eigenvalue weighted by atomic mass is 19.1. The molecule has 0 aromatic heterocycles. The molecule has 2 heteroatoms. The molecule has 1 nitrogen and oxygen atoms in total. The standard InChI is InChI=1S/C15H15FO/c1-10-3-6-13-8-12(5-4-11(2)17)9-15(16)14(13)7-10/h3,6-9H,4-5H2,1-2H3. The van der Waals surface area contributed by atoms with Gasteiger partial charge < -0.3 is 4.79 Å². The fraction of sp³-hybridized carbons (Fsp3) is 0.267. The molecule has 0 aliphatic heterocycles. The third-order valence-corrected chi connectivity index (χ3v) is 2.88. The number of ketones is 1. The van der Waals surface area contributed by atoms with E-state index in [1.807, 2.05) is 31.2 Å². The van der Waals surface area contributed by atoms with Crippen molar-refractivity contribution in [3.8, 4) is 0 Å². The number of halogens is 1. The Labute approximate surface area is 100 Å². The summed E-state index contributed by atoms with van der Waals surface area (Å²) in [6, 6.07) is 9.23. The maximum atomic E-state index is 13.9. The highest BCUT2D eigenvalue weighted by Gasteiger charge is 2.05. The zero-order chi connectivity index (χ0) is 12.4. The largest absolute Gasteiger partial charge is 0.300 e. The van der Waals surface area contributed by atoms with E-state index in [0.29, 0.717) is 18.2 Å². The maximum absolute atomic E-state index is 13.9. The van der Waals surface area contributed by atoms with Gasteiger partial charge in [-0.2, -0.15) is 0 Å². The fourth-order valence-electron chi connectivity index (χ4n) is 1.95. The first-order valence-electron chi connectivity index (χ1n) is 5.74. The fourth-order valence-corrected chi connectivity index (χ4v) is 1.95. The summed E-state index contributed by atoms with van der Waals surface area (Å²) in [4.78, 5) is 10.9. The van der Waals surface area contributed by atoms with Crippen molar-refractivity contribution in [1.82, 2.24) is 0 Å². The third-order valence-electron chi connectivity index (χ3n) is 2.88. The van der Waals surface area contributed by atoms with Crippen LogP contribution in [0.2, 0.25) is 0 Å². The molecular formula is C15H15FO. The molecule has 0 aliphatic carbocycles. The van der Waals surface area contributed by atoms with Crippen molar-refractivity contribution in [3.05, 3.63) is 47.3 Å². The van der Waals surface area contributed by atoms with Gasteiger partial charge in [0.1, 0.15) is 11.6 Å². The van der Waals surface area contributed by atoms with Crippen LogP contribution >= 0.6 is 0 Å². The summed E-state index contributed by atoms with van der Waals surface area (Å²) < 4.78 is 13.9. The second kappa shape index (κ2) is 4.66. The summed E-state index contributed by atoms with van der Waals surface area (Å²) >= 11 is 0. The quantitative estimate of drug-likeness (QED) is 0.783. The van der Waals surface area contributed by atoms with Gasteiger partial charge in [0.2, 0.25) is 0 Å². The lowest BCUT2D eigenvalue weighted by Crippen LogP contribution is -1.95. The molecule has 2 rings (SSSR count). The van der Waals surface area contributed by atoms with Gasteiger partial charge in [-0.05, 0) is 43.4 Å². The van der Waals surface area contributed by atoms with Crippen molar-refractivity contribution in [2.24, 2.45) is 0 Å². The van der Waals surface area contributed by atoms with Crippen LogP contribution in [0.1, 0.15) is 24.5 Å². The van der Waals surface area contributed by atoms with E-state index in [0.717, 1.165) is 16.5 Å². The monoisotopic (exact) mass is 230 g/mol. The van der Waals surface area contributed by atoms with E-state index in [1.54, 1.807) is 6.92 Å². The summed E-state index contributed by atoms with van der Waals surface area (Å²) in [6.45, 7) is 3.50. The Morgan fingerprint density at radius 1 is 1.24 bits per heavy atom. The average molecular weight is 230 g/mol. The molecule has 0 heterocycles. The SMILES string of the molecule is CC(=O)CCc1cc(F)c2cc(C)ccc2c1. The number of hydrogen-bond donors (Lipinski definition) is 0. The van der Waals surface area contributed by atoms with Crippen LogP contribution < -0.4 is 0 Å². The summed E-state index contributed by atoms with van der Waals surface area (Å²) in [5.41, 5.74) is 1.93. The lowest BCUT2D eigenvalue weighted by Gasteiger charge is -2.05. The predicted molar refractivity (Wildman–Crippen MR) is 67.6 cm³/mol. The number of rotatable bonds is 3. The minimum atomic E-state index is -0.204. The summed E-state index contributed by atoms with van der Waals surface area (Å²) in [5, 5.41) is 1.55. The average Bonchev–Trinajstić information content (AvgIpc) is 2.27. The summed E-state index contributed by atoms with van der Waals surface area (Å²) in [7, 11) is 0. The van der Waals surface area contributed by atoms with Crippen molar-refractivity contribution < 1.29 is 9.18 Å².